The van der Waals surface area contributed by atoms with Gasteiger partial charge in [-0.15, -0.1) is 0 Å². The summed E-state index contributed by atoms with van der Waals surface area (Å²) in [4.78, 5) is 24.0. The molecule has 7 heteroatoms. The van der Waals surface area contributed by atoms with Gasteiger partial charge in [0.15, 0.2) is 0 Å². The number of hydrogen-bond acceptors (Lipinski definition) is 3. The average Bonchev–Trinajstić information content (AvgIpc) is 2.41. The Hall–Kier alpha value is -1.07. The predicted octanol–water partition coefficient (Wildman–Crippen LogP) is 3.32. The summed E-state index contributed by atoms with van der Waals surface area (Å²) in [6, 6.07) is 0. The zero-order chi connectivity index (χ0) is 16.4. The summed E-state index contributed by atoms with van der Waals surface area (Å²) < 4.78 is 1.51. The highest BCUT2D eigenvalue weighted by Crippen LogP contribution is 2.64. The van der Waals surface area contributed by atoms with E-state index in [9.17, 15) is 14.7 Å². The Kier molecular flexibility index (Phi) is 3.34. The van der Waals surface area contributed by atoms with Gasteiger partial charge >= 0.3 is 5.97 Å². The van der Waals surface area contributed by atoms with Crippen molar-refractivity contribution in [3.8, 4) is 0 Å². The number of rotatable bonds is 3. The van der Waals surface area contributed by atoms with Gasteiger partial charge in [-0.25, -0.2) is 4.68 Å². The molecule has 0 radical (unpaired) electrons. The molecule has 124 valence electrons. The van der Waals surface area contributed by atoms with Gasteiger partial charge in [0, 0.05) is 0 Å². The molecule has 4 saturated carbocycles. The van der Waals surface area contributed by atoms with Gasteiger partial charge in [0.05, 0.1) is 23.2 Å². The van der Waals surface area contributed by atoms with Crippen molar-refractivity contribution in [2.45, 2.75) is 50.5 Å². The summed E-state index contributed by atoms with van der Waals surface area (Å²) in [5.41, 5.74) is -0.958. The minimum absolute atomic E-state index is 0.00435. The van der Waals surface area contributed by atoms with Crippen molar-refractivity contribution in [1.82, 2.24) is 9.78 Å². The minimum Gasteiger partial charge on any atom is -0.481 e. The Balaban J connectivity index is 1.81. The number of carbonyl (C=O) groups is 1. The maximum Gasteiger partial charge on any atom is 0.303 e. The standard InChI is InChI=1S/C16H18Cl2N2O3/c17-11-7-19-20(14(23)13(11)18)16-4-9-1-10(5-16)3-15(2-9,8-16)6-12(21)22/h7,9-10H,1-6,8H2,(H,21,22)/t9-,10+,15?,16?. The summed E-state index contributed by atoms with van der Waals surface area (Å²) in [5.74, 6) is 0.189. The smallest absolute Gasteiger partial charge is 0.303 e. The van der Waals surface area contributed by atoms with Gasteiger partial charge in [-0.3, -0.25) is 9.59 Å². The van der Waals surface area contributed by atoms with E-state index in [1.54, 1.807) is 0 Å². The van der Waals surface area contributed by atoms with E-state index in [0.29, 0.717) is 18.3 Å². The van der Waals surface area contributed by atoms with Crippen molar-refractivity contribution in [2.75, 3.05) is 0 Å². The fraction of sp³-hybridized carbons (Fsp3) is 0.688. The predicted molar refractivity (Wildman–Crippen MR) is 85.9 cm³/mol. The van der Waals surface area contributed by atoms with Crippen molar-refractivity contribution in [2.24, 2.45) is 17.3 Å². The Labute approximate surface area is 143 Å². The Bertz CT molecular complexity index is 731. The van der Waals surface area contributed by atoms with Crippen LogP contribution < -0.4 is 5.56 Å². The van der Waals surface area contributed by atoms with E-state index >= 15 is 0 Å². The minimum atomic E-state index is -0.753. The van der Waals surface area contributed by atoms with Gasteiger partial charge in [-0.2, -0.15) is 5.10 Å². The summed E-state index contributed by atoms with van der Waals surface area (Å²) in [6.07, 6.45) is 7.11. The van der Waals surface area contributed by atoms with Crippen LogP contribution >= 0.6 is 23.2 Å². The molecule has 1 aromatic rings. The highest BCUT2D eigenvalue weighted by atomic mass is 35.5. The van der Waals surface area contributed by atoms with Crippen LogP contribution in [-0.2, 0) is 10.3 Å². The summed E-state index contributed by atoms with van der Waals surface area (Å²) in [7, 11) is 0. The molecule has 1 N–H and O–H groups in total. The summed E-state index contributed by atoms with van der Waals surface area (Å²) >= 11 is 11.9. The SMILES string of the molecule is O=C(O)CC12C[C@H]3C[C@@H](C1)CC(n1ncc(Cl)c(Cl)c1=O)(C3)C2. The zero-order valence-corrected chi connectivity index (χ0v) is 14.1. The Morgan fingerprint density at radius 1 is 1.30 bits per heavy atom. The lowest BCUT2D eigenvalue weighted by atomic mass is 9.46. The second-order valence-electron chi connectivity index (χ2n) is 7.78. The summed E-state index contributed by atoms with van der Waals surface area (Å²) in [5, 5.41) is 13.8. The van der Waals surface area contributed by atoms with Crippen molar-refractivity contribution < 1.29 is 9.90 Å². The van der Waals surface area contributed by atoms with Gasteiger partial charge in [0.25, 0.3) is 5.56 Å². The Morgan fingerprint density at radius 2 is 1.96 bits per heavy atom. The zero-order valence-electron chi connectivity index (χ0n) is 12.6. The van der Waals surface area contributed by atoms with E-state index < -0.39 is 11.5 Å². The maximum atomic E-state index is 12.6. The number of halogens is 2. The maximum absolute atomic E-state index is 12.6. The lowest BCUT2D eigenvalue weighted by Crippen LogP contribution is -2.59. The molecule has 0 amide bonds. The Morgan fingerprint density at radius 3 is 2.57 bits per heavy atom. The molecule has 0 aromatic carbocycles. The van der Waals surface area contributed by atoms with Gasteiger partial charge < -0.3 is 5.11 Å². The number of aromatic nitrogens is 2. The largest absolute Gasteiger partial charge is 0.481 e. The lowest BCUT2D eigenvalue weighted by Gasteiger charge is -2.61. The molecule has 2 unspecified atom stereocenters. The first-order valence-electron chi connectivity index (χ1n) is 7.98. The third-order valence-corrected chi connectivity index (χ3v) is 6.75. The average molecular weight is 357 g/mol. The van der Waals surface area contributed by atoms with Crippen LogP contribution in [0.2, 0.25) is 10.0 Å². The molecular formula is C16H18Cl2N2O3. The molecule has 4 aliphatic carbocycles. The highest BCUT2D eigenvalue weighted by Gasteiger charge is 2.59. The molecule has 1 aromatic heterocycles. The fourth-order valence-corrected chi connectivity index (χ4v) is 6.18. The van der Waals surface area contributed by atoms with Crippen LogP contribution in [0.5, 0.6) is 0 Å². The topological polar surface area (TPSA) is 72.2 Å². The normalized spacial score (nSPS) is 38.0. The van der Waals surface area contributed by atoms with Crippen LogP contribution in [0.15, 0.2) is 11.0 Å². The molecule has 23 heavy (non-hydrogen) atoms. The molecule has 1 heterocycles. The second-order valence-corrected chi connectivity index (χ2v) is 8.56. The summed E-state index contributed by atoms with van der Waals surface area (Å²) in [6.45, 7) is 0. The van der Waals surface area contributed by atoms with Crippen LogP contribution in [0.3, 0.4) is 0 Å². The number of carboxylic acid groups (broad SMARTS) is 1. The number of nitrogens with zero attached hydrogens (tertiary/aromatic N) is 2. The lowest BCUT2D eigenvalue weighted by molar-refractivity contribution is -0.151. The molecule has 0 saturated heterocycles. The monoisotopic (exact) mass is 356 g/mol. The van der Waals surface area contributed by atoms with Gasteiger partial charge in [0.1, 0.15) is 5.02 Å². The molecule has 4 bridgehead atoms. The van der Waals surface area contributed by atoms with Crippen LogP contribution in [0.4, 0.5) is 0 Å². The van der Waals surface area contributed by atoms with Crippen LogP contribution in [0, 0.1) is 17.3 Å². The molecule has 4 aliphatic rings. The van der Waals surface area contributed by atoms with E-state index in [-0.39, 0.29) is 27.4 Å². The van der Waals surface area contributed by atoms with Crippen molar-refractivity contribution in [3.05, 3.63) is 26.6 Å². The molecule has 4 atom stereocenters. The van der Waals surface area contributed by atoms with Crippen molar-refractivity contribution in [1.29, 1.82) is 0 Å². The van der Waals surface area contributed by atoms with Crippen LogP contribution in [0.25, 0.3) is 0 Å². The first-order valence-corrected chi connectivity index (χ1v) is 8.74. The van der Waals surface area contributed by atoms with Crippen molar-refractivity contribution >= 4 is 29.2 Å². The van der Waals surface area contributed by atoms with E-state index in [4.69, 9.17) is 23.2 Å². The van der Waals surface area contributed by atoms with E-state index in [1.807, 2.05) is 0 Å². The molecular weight excluding hydrogens is 339 g/mol. The molecule has 0 spiro atoms. The molecule has 5 nitrogen and oxygen atoms in total. The second kappa shape index (κ2) is 4.96. The number of aliphatic carboxylic acids is 1. The fourth-order valence-electron chi connectivity index (χ4n) is 5.93. The molecule has 4 fully saturated rings. The highest BCUT2D eigenvalue weighted by molar-refractivity contribution is 6.41. The first kappa shape index (κ1) is 15.5. The number of carboxylic acids is 1. The van der Waals surface area contributed by atoms with E-state index in [2.05, 4.69) is 5.10 Å². The van der Waals surface area contributed by atoms with Crippen LogP contribution in [0.1, 0.15) is 44.9 Å². The van der Waals surface area contributed by atoms with Crippen LogP contribution in [-0.4, -0.2) is 20.9 Å². The third kappa shape index (κ3) is 2.31. The molecule has 5 rings (SSSR count). The van der Waals surface area contributed by atoms with Crippen molar-refractivity contribution in [3.63, 3.8) is 0 Å². The molecule has 0 aliphatic heterocycles. The number of hydrogen-bond donors (Lipinski definition) is 1. The van der Waals surface area contributed by atoms with Gasteiger partial charge in [-0.05, 0) is 55.8 Å². The van der Waals surface area contributed by atoms with E-state index in [1.165, 1.54) is 10.9 Å². The van der Waals surface area contributed by atoms with Gasteiger partial charge in [0.2, 0.25) is 0 Å². The van der Waals surface area contributed by atoms with Gasteiger partial charge in [-0.1, -0.05) is 23.2 Å². The quantitative estimate of drug-likeness (QED) is 0.901. The third-order valence-electron chi connectivity index (χ3n) is 6.00. The van der Waals surface area contributed by atoms with E-state index in [0.717, 1.165) is 32.1 Å². The first-order chi connectivity index (χ1) is 10.8.